The third-order valence-electron chi connectivity index (χ3n) is 5.03. The number of nitrogens with two attached hydrogens (primary N) is 1. The fourth-order valence-corrected chi connectivity index (χ4v) is 3.68. The van der Waals surface area contributed by atoms with E-state index < -0.39 is 23.4 Å². The molecule has 0 unspecified atom stereocenters. The third-order valence-corrected chi connectivity index (χ3v) is 5.03. The number of halogens is 3. The molecule has 0 aliphatic heterocycles. The first kappa shape index (κ1) is 18.1. The molecule has 0 bridgehead atoms. The van der Waals surface area contributed by atoms with E-state index in [1.165, 1.54) is 0 Å². The summed E-state index contributed by atoms with van der Waals surface area (Å²) in [6.07, 6.45) is 0.781. The fourth-order valence-electron chi connectivity index (χ4n) is 3.68. The summed E-state index contributed by atoms with van der Waals surface area (Å²) in [6, 6.07) is 12.4. The molecule has 0 aliphatic rings. The van der Waals surface area contributed by atoms with Crippen molar-refractivity contribution in [2.75, 3.05) is 0 Å². The molecule has 142 valence electrons. The first-order chi connectivity index (χ1) is 13.4. The molecule has 28 heavy (non-hydrogen) atoms. The van der Waals surface area contributed by atoms with Gasteiger partial charge in [-0.25, -0.2) is 13.2 Å². The van der Waals surface area contributed by atoms with E-state index in [0.29, 0.717) is 22.5 Å². The molecule has 1 amide bonds. The van der Waals surface area contributed by atoms with E-state index in [9.17, 15) is 18.0 Å². The summed E-state index contributed by atoms with van der Waals surface area (Å²) in [4.78, 5) is 11.9. The van der Waals surface area contributed by atoms with Crippen LogP contribution in [0.4, 0.5) is 13.2 Å². The fraction of sp³-hybridized carbons (Fsp3) is 0.136. The van der Waals surface area contributed by atoms with Crippen LogP contribution in [0.1, 0.15) is 28.4 Å². The normalized spacial score (nSPS) is 11.4. The van der Waals surface area contributed by atoms with Gasteiger partial charge in [0, 0.05) is 33.5 Å². The summed E-state index contributed by atoms with van der Waals surface area (Å²) in [5.74, 6) is -3.74. The molecule has 0 spiro atoms. The minimum Gasteiger partial charge on any atom is -0.366 e. The second-order valence-corrected chi connectivity index (χ2v) is 6.72. The van der Waals surface area contributed by atoms with Gasteiger partial charge < -0.3 is 10.3 Å². The Morgan fingerprint density at radius 3 is 2.54 bits per heavy atom. The Morgan fingerprint density at radius 2 is 1.82 bits per heavy atom. The van der Waals surface area contributed by atoms with Crippen molar-refractivity contribution in [2.45, 2.75) is 19.9 Å². The van der Waals surface area contributed by atoms with E-state index in [1.807, 2.05) is 25.1 Å². The summed E-state index contributed by atoms with van der Waals surface area (Å²) in [6.45, 7) is 1.92. The van der Waals surface area contributed by atoms with Crippen LogP contribution in [0.5, 0.6) is 0 Å². The number of benzene rings is 3. The van der Waals surface area contributed by atoms with E-state index in [2.05, 4.69) is 0 Å². The molecule has 3 nitrogen and oxygen atoms in total. The zero-order valence-electron chi connectivity index (χ0n) is 15.1. The lowest BCUT2D eigenvalue weighted by atomic mass is 10.0. The van der Waals surface area contributed by atoms with Crippen molar-refractivity contribution >= 4 is 27.7 Å². The molecular formula is C22H17F3N2O. The topological polar surface area (TPSA) is 48.0 Å². The van der Waals surface area contributed by atoms with Gasteiger partial charge in [-0.3, -0.25) is 4.79 Å². The molecule has 0 saturated heterocycles. The largest absolute Gasteiger partial charge is 0.366 e. The number of primary amides is 1. The van der Waals surface area contributed by atoms with Crippen molar-refractivity contribution in [3.8, 4) is 0 Å². The van der Waals surface area contributed by atoms with Crippen LogP contribution in [0.25, 0.3) is 21.8 Å². The number of aryl methyl sites for hydroxylation is 1. The van der Waals surface area contributed by atoms with Crippen molar-refractivity contribution in [2.24, 2.45) is 5.73 Å². The Hall–Kier alpha value is -3.28. The van der Waals surface area contributed by atoms with Crippen molar-refractivity contribution < 1.29 is 18.0 Å². The van der Waals surface area contributed by atoms with Crippen LogP contribution in [0.3, 0.4) is 0 Å². The van der Waals surface area contributed by atoms with Crippen LogP contribution in [0.15, 0.2) is 48.5 Å². The Bertz CT molecular complexity index is 1240. The SMILES string of the molecule is CCc1ccc2c3c(C(N)=O)cccc3n(Cc3cc(F)cc(F)c3F)c2c1. The predicted molar refractivity (Wildman–Crippen MR) is 103 cm³/mol. The molecular weight excluding hydrogens is 365 g/mol. The van der Waals surface area contributed by atoms with Gasteiger partial charge in [0.2, 0.25) is 5.91 Å². The number of fused-ring (bicyclic) bond motifs is 3. The first-order valence-corrected chi connectivity index (χ1v) is 8.87. The molecule has 2 N–H and O–H groups in total. The zero-order chi connectivity index (χ0) is 20.0. The van der Waals surface area contributed by atoms with Gasteiger partial charge in [-0.2, -0.15) is 0 Å². The van der Waals surface area contributed by atoms with Crippen LogP contribution in [0, 0.1) is 17.5 Å². The van der Waals surface area contributed by atoms with Gasteiger partial charge >= 0.3 is 0 Å². The van der Waals surface area contributed by atoms with Gasteiger partial charge in [0.1, 0.15) is 5.82 Å². The highest BCUT2D eigenvalue weighted by Gasteiger charge is 2.19. The van der Waals surface area contributed by atoms with Gasteiger partial charge in [0.05, 0.1) is 12.1 Å². The Kier molecular flexibility index (Phi) is 4.34. The third kappa shape index (κ3) is 2.81. The Labute approximate surface area is 159 Å². The molecule has 0 atom stereocenters. The second-order valence-electron chi connectivity index (χ2n) is 6.72. The minimum atomic E-state index is -1.23. The highest BCUT2D eigenvalue weighted by Crippen LogP contribution is 2.33. The van der Waals surface area contributed by atoms with E-state index in [1.54, 1.807) is 22.8 Å². The summed E-state index contributed by atoms with van der Waals surface area (Å²) >= 11 is 0. The second kappa shape index (κ2) is 6.71. The lowest BCUT2D eigenvalue weighted by molar-refractivity contribution is 0.100. The number of rotatable bonds is 4. The van der Waals surface area contributed by atoms with Gasteiger partial charge in [-0.1, -0.05) is 25.1 Å². The maximum atomic E-state index is 14.3. The van der Waals surface area contributed by atoms with Gasteiger partial charge in [-0.05, 0) is 36.2 Å². The summed E-state index contributed by atoms with van der Waals surface area (Å²) in [5.41, 5.74) is 8.21. The highest BCUT2D eigenvalue weighted by atomic mass is 19.2. The molecule has 0 saturated carbocycles. The highest BCUT2D eigenvalue weighted by molar-refractivity contribution is 6.17. The van der Waals surface area contributed by atoms with Crippen LogP contribution in [0.2, 0.25) is 0 Å². The number of hydrogen-bond acceptors (Lipinski definition) is 1. The molecule has 1 heterocycles. The van der Waals surface area contributed by atoms with Crippen LogP contribution in [-0.2, 0) is 13.0 Å². The summed E-state index contributed by atoms with van der Waals surface area (Å²) in [7, 11) is 0. The Morgan fingerprint density at radius 1 is 1.04 bits per heavy atom. The van der Waals surface area contributed by atoms with Gasteiger partial charge in [-0.15, -0.1) is 0 Å². The number of hydrogen-bond donors (Lipinski definition) is 1. The lowest BCUT2D eigenvalue weighted by Crippen LogP contribution is -2.11. The number of carbonyl (C=O) groups excluding carboxylic acids is 1. The molecule has 4 aromatic rings. The number of amides is 1. The van der Waals surface area contributed by atoms with E-state index in [-0.39, 0.29) is 12.1 Å². The standard InChI is InChI=1S/C22H17F3N2O/c1-2-12-6-7-15-19(8-12)27(11-13-9-14(23)10-17(24)21(13)25)18-5-3-4-16(20(15)18)22(26)28/h3-10H,2,11H2,1H3,(H2,26,28). The Balaban J connectivity index is 2.06. The van der Waals surface area contributed by atoms with Crippen LogP contribution >= 0.6 is 0 Å². The number of nitrogens with zero attached hydrogens (tertiary/aromatic N) is 1. The summed E-state index contributed by atoms with van der Waals surface area (Å²) < 4.78 is 43.4. The molecule has 0 radical (unpaired) electrons. The monoisotopic (exact) mass is 382 g/mol. The minimum absolute atomic E-state index is 0.0874. The van der Waals surface area contributed by atoms with E-state index in [4.69, 9.17) is 5.73 Å². The van der Waals surface area contributed by atoms with E-state index in [0.717, 1.165) is 29.0 Å². The van der Waals surface area contributed by atoms with Crippen LogP contribution in [-0.4, -0.2) is 10.5 Å². The molecule has 3 aromatic carbocycles. The van der Waals surface area contributed by atoms with Gasteiger partial charge in [0.15, 0.2) is 11.6 Å². The zero-order valence-corrected chi connectivity index (χ0v) is 15.1. The average Bonchev–Trinajstić information content (AvgIpc) is 2.98. The lowest BCUT2D eigenvalue weighted by Gasteiger charge is -2.10. The predicted octanol–water partition coefficient (Wildman–Crippen LogP) is 4.92. The van der Waals surface area contributed by atoms with Crippen molar-refractivity contribution in [3.63, 3.8) is 0 Å². The van der Waals surface area contributed by atoms with Crippen molar-refractivity contribution in [3.05, 3.63) is 82.7 Å². The van der Waals surface area contributed by atoms with Crippen LogP contribution < -0.4 is 5.73 Å². The quantitative estimate of drug-likeness (QED) is 0.500. The van der Waals surface area contributed by atoms with Crippen molar-refractivity contribution in [1.82, 2.24) is 4.57 Å². The summed E-state index contributed by atoms with van der Waals surface area (Å²) in [5, 5.41) is 1.42. The van der Waals surface area contributed by atoms with Crippen molar-refractivity contribution in [1.29, 1.82) is 0 Å². The maximum absolute atomic E-state index is 14.3. The molecule has 4 rings (SSSR count). The number of carbonyl (C=O) groups is 1. The smallest absolute Gasteiger partial charge is 0.249 e. The average molecular weight is 382 g/mol. The first-order valence-electron chi connectivity index (χ1n) is 8.87. The van der Waals surface area contributed by atoms with Gasteiger partial charge in [0.25, 0.3) is 0 Å². The molecule has 0 aliphatic carbocycles. The molecule has 6 heteroatoms. The molecule has 1 aromatic heterocycles. The van der Waals surface area contributed by atoms with E-state index >= 15 is 0 Å². The molecule has 0 fully saturated rings. The maximum Gasteiger partial charge on any atom is 0.249 e. The number of aromatic nitrogens is 1.